The summed E-state index contributed by atoms with van der Waals surface area (Å²) < 4.78 is 1.74. The van der Waals surface area contributed by atoms with Gasteiger partial charge in [0.05, 0.1) is 11.9 Å². The minimum absolute atomic E-state index is 0.373. The van der Waals surface area contributed by atoms with E-state index in [0.717, 1.165) is 27.5 Å². The summed E-state index contributed by atoms with van der Waals surface area (Å²) in [5.41, 5.74) is 2.19. The van der Waals surface area contributed by atoms with Gasteiger partial charge in [0.2, 0.25) is 0 Å². The maximum absolute atomic E-state index is 13.0. The molecule has 1 aromatic carbocycles. The maximum atomic E-state index is 13.0. The highest BCUT2D eigenvalue weighted by Gasteiger charge is 2.51. The highest BCUT2D eigenvalue weighted by Crippen LogP contribution is 2.32. The van der Waals surface area contributed by atoms with E-state index in [1.807, 2.05) is 58.2 Å². The van der Waals surface area contributed by atoms with E-state index in [2.05, 4.69) is 15.5 Å². The van der Waals surface area contributed by atoms with Crippen LogP contribution in [0.3, 0.4) is 0 Å². The third kappa shape index (κ3) is 2.61. The standard InChI is InChI=1S/C18H21N5O2/c1-5-18(14-9-7-6-8-10-14)16(24)23(17(25)20-18)19-11-15-12(2)21-22(4)13(15)3/h6-11H,5H2,1-4H3,(H,20,25)/t18-/m0/s1. The average Bonchev–Trinajstić information content (AvgIpc) is 3.00. The smallest absolute Gasteiger partial charge is 0.318 e. The molecule has 0 spiro atoms. The van der Waals surface area contributed by atoms with E-state index < -0.39 is 11.6 Å². The monoisotopic (exact) mass is 339 g/mol. The van der Waals surface area contributed by atoms with Gasteiger partial charge < -0.3 is 5.32 Å². The Labute approximate surface area is 146 Å². The number of urea groups is 1. The Morgan fingerprint density at radius 3 is 2.48 bits per heavy atom. The second kappa shape index (κ2) is 6.16. The Balaban J connectivity index is 1.95. The quantitative estimate of drug-likeness (QED) is 0.685. The predicted octanol–water partition coefficient (Wildman–Crippen LogP) is 2.23. The fraction of sp³-hybridized carbons (Fsp3) is 0.333. The van der Waals surface area contributed by atoms with Crippen molar-refractivity contribution < 1.29 is 9.59 Å². The van der Waals surface area contributed by atoms with Crippen LogP contribution in [0.25, 0.3) is 0 Å². The first-order chi connectivity index (χ1) is 11.9. The van der Waals surface area contributed by atoms with E-state index in [-0.39, 0.29) is 5.91 Å². The molecule has 1 saturated heterocycles. The van der Waals surface area contributed by atoms with Crippen LogP contribution >= 0.6 is 0 Å². The molecule has 0 aliphatic carbocycles. The van der Waals surface area contributed by atoms with Crippen molar-refractivity contribution >= 4 is 18.2 Å². The topological polar surface area (TPSA) is 79.6 Å². The first-order valence-electron chi connectivity index (χ1n) is 8.17. The summed E-state index contributed by atoms with van der Waals surface area (Å²) >= 11 is 0. The number of hydrogen-bond acceptors (Lipinski definition) is 4. The van der Waals surface area contributed by atoms with Crippen molar-refractivity contribution in [1.29, 1.82) is 0 Å². The van der Waals surface area contributed by atoms with Gasteiger partial charge in [-0.2, -0.15) is 10.2 Å². The van der Waals surface area contributed by atoms with Gasteiger partial charge in [0.25, 0.3) is 5.91 Å². The Morgan fingerprint density at radius 2 is 1.92 bits per heavy atom. The van der Waals surface area contributed by atoms with Crippen LogP contribution in [0.1, 0.15) is 35.9 Å². The Bertz CT molecular complexity index is 856. The van der Waals surface area contributed by atoms with Crippen LogP contribution in [-0.2, 0) is 17.4 Å². The zero-order valence-corrected chi connectivity index (χ0v) is 14.8. The van der Waals surface area contributed by atoms with Crippen LogP contribution in [0.5, 0.6) is 0 Å². The molecule has 3 rings (SSSR count). The lowest BCUT2D eigenvalue weighted by molar-refractivity contribution is -0.131. The highest BCUT2D eigenvalue weighted by atomic mass is 16.2. The number of amides is 3. The number of carbonyl (C=O) groups is 2. The number of aryl methyl sites for hydroxylation is 2. The molecular weight excluding hydrogens is 318 g/mol. The highest BCUT2D eigenvalue weighted by molar-refractivity contribution is 6.07. The number of benzene rings is 1. The first kappa shape index (κ1) is 16.9. The fourth-order valence-corrected chi connectivity index (χ4v) is 3.12. The zero-order chi connectivity index (χ0) is 18.2. The molecule has 1 aliphatic heterocycles. The molecule has 7 heteroatoms. The molecule has 130 valence electrons. The lowest BCUT2D eigenvalue weighted by Gasteiger charge is -2.24. The number of carbonyl (C=O) groups excluding carboxylic acids is 2. The third-order valence-electron chi connectivity index (χ3n) is 4.73. The molecule has 0 saturated carbocycles. The number of aromatic nitrogens is 2. The van der Waals surface area contributed by atoms with E-state index in [9.17, 15) is 9.59 Å². The van der Waals surface area contributed by atoms with E-state index in [1.54, 1.807) is 4.68 Å². The summed E-state index contributed by atoms with van der Waals surface area (Å²) in [5, 5.41) is 12.2. The molecule has 1 aliphatic rings. The first-order valence-corrected chi connectivity index (χ1v) is 8.17. The number of nitrogens with zero attached hydrogens (tertiary/aromatic N) is 4. The summed E-state index contributed by atoms with van der Waals surface area (Å²) in [5.74, 6) is -0.373. The summed E-state index contributed by atoms with van der Waals surface area (Å²) in [7, 11) is 1.84. The minimum Gasteiger partial charge on any atom is -0.318 e. The molecule has 3 amide bonds. The molecule has 2 aromatic rings. The SMILES string of the molecule is CC[C@@]1(c2ccccc2)NC(=O)N(N=Cc2c(C)nn(C)c2C)C1=O. The second-order valence-corrected chi connectivity index (χ2v) is 6.12. The maximum Gasteiger partial charge on any atom is 0.346 e. The minimum atomic E-state index is -1.07. The number of hydrazone groups is 1. The van der Waals surface area contributed by atoms with Crippen LogP contribution in [0.4, 0.5) is 4.79 Å². The van der Waals surface area contributed by atoms with Gasteiger partial charge in [-0.25, -0.2) is 4.79 Å². The molecule has 0 bridgehead atoms. The Morgan fingerprint density at radius 1 is 1.24 bits per heavy atom. The largest absolute Gasteiger partial charge is 0.346 e. The van der Waals surface area contributed by atoms with Gasteiger partial charge in [0.1, 0.15) is 5.54 Å². The number of nitrogens with one attached hydrogen (secondary N) is 1. The van der Waals surface area contributed by atoms with Crippen molar-refractivity contribution in [2.75, 3.05) is 0 Å². The lowest BCUT2D eigenvalue weighted by atomic mass is 9.87. The number of hydrogen-bond donors (Lipinski definition) is 1. The molecule has 0 radical (unpaired) electrons. The van der Waals surface area contributed by atoms with Crippen LogP contribution in [0.2, 0.25) is 0 Å². The van der Waals surface area contributed by atoms with Gasteiger partial charge in [-0.15, -0.1) is 5.01 Å². The molecule has 1 atom stereocenters. The van der Waals surface area contributed by atoms with Gasteiger partial charge in [0, 0.05) is 18.3 Å². The van der Waals surface area contributed by atoms with E-state index in [1.165, 1.54) is 6.21 Å². The zero-order valence-electron chi connectivity index (χ0n) is 14.8. The predicted molar refractivity (Wildman–Crippen MR) is 94.1 cm³/mol. The molecule has 1 aromatic heterocycles. The van der Waals surface area contributed by atoms with Crippen LogP contribution in [0, 0.1) is 13.8 Å². The van der Waals surface area contributed by atoms with Crippen molar-refractivity contribution in [2.24, 2.45) is 12.1 Å². The van der Waals surface area contributed by atoms with E-state index >= 15 is 0 Å². The molecule has 1 fully saturated rings. The van der Waals surface area contributed by atoms with E-state index in [0.29, 0.717) is 6.42 Å². The van der Waals surface area contributed by atoms with Crippen molar-refractivity contribution in [3.8, 4) is 0 Å². The molecule has 2 heterocycles. The van der Waals surface area contributed by atoms with Gasteiger partial charge >= 0.3 is 6.03 Å². The van der Waals surface area contributed by atoms with Crippen LogP contribution in [-0.4, -0.2) is 32.9 Å². The van der Waals surface area contributed by atoms with Crippen molar-refractivity contribution in [3.63, 3.8) is 0 Å². The summed E-state index contributed by atoms with van der Waals surface area (Å²) in [6.07, 6.45) is 1.96. The summed E-state index contributed by atoms with van der Waals surface area (Å²) in [4.78, 5) is 25.4. The van der Waals surface area contributed by atoms with Crippen LogP contribution in [0.15, 0.2) is 35.4 Å². The van der Waals surface area contributed by atoms with Gasteiger partial charge in [0.15, 0.2) is 0 Å². The third-order valence-corrected chi connectivity index (χ3v) is 4.73. The van der Waals surface area contributed by atoms with Crippen molar-refractivity contribution in [2.45, 2.75) is 32.7 Å². The van der Waals surface area contributed by atoms with Crippen molar-refractivity contribution in [1.82, 2.24) is 20.1 Å². The van der Waals surface area contributed by atoms with Gasteiger partial charge in [-0.3, -0.25) is 9.48 Å². The molecule has 25 heavy (non-hydrogen) atoms. The second-order valence-electron chi connectivity index (χ2n) is 6.12. The lowest BCUT2D eigenvalue weighted by Crippen LogP contribution is -2.43. The van der Waals surface area contributed by atoms with Crippen LogP contribution < -0.4 is 5.32 Å². The van der Waals surface area contributed by atoms with Gasteiger partial charge in [-0.05, 0) is 25.8 Å². The number of imide groups is 1. The summed E-state index contributed by atoms with van der Waals surface area (Å²) in [6.45, 7) is 5.64. The normalized spacial score (nSPS) is 20.6. The molecule has 0 unspecified atom stereocenters. The Kier molecular flexibility index (Phi) is 4.16. The van der Waals surface area contributed by atoms with Crippen molar-refractivity contribution in [3.05, 3.63) is 52.8 Å². The number of rotatable bonds is 4. The molecule has 1 N–H and O–H groups in total. The molecule has 7 nitrogen and oxygen atoms in total. The summed E-state index contributed by atoms with van der Waals surface area (Å²) in [6, 6.07) is 8.72. The van der Waals surface area contributed by atoms with Gasteiger partial charge in [-0.1, -0.05) is 37.3 Å². The fourth-order valence-electron chi connectivity index (χ4n) is 3.12. The molecular formula is C18H21N5O2. The Hall–Kier alpha value is -2.96. The average molecular weight is 339 g/mol. The van der Waals surface area contributed by atoms with E-state index in [4.69, 9.17) is 0 Å².